The SMILES string of the molecule is CCC(CC)(CCN)NC(N)=O. The molecule has 0 aliphatic carbocycles. The summed E-state index contributed by atoms with van der Waals surface area (Å²) in [6, 6.07) is -0.466. The van der Waals surface area contributed by atoms with E-state index in [0.717, 1.165) is 19.3 Å². The van der Waals surface area contributed by atoms with Crippen molar-refractivity contribution in [3.63, 3.8) is 0 Å². The first-order valence-corrected chi connectivity index (χ1v) is 4.38. The van der Waals surface area contributed by atoms with Gasteiger partial charge < -0.3 is 16.8 Å². The van der Waals surface area contributed by atoms with Crippen molar-refractivity contribution >= 4 is 6.03 Å². The Kier molecular flexibility index (Phi) is 4.66. The number of hydrogen-bond acceptors (Lipinski definition) is 2. The van der Waals surface area contributed by atoms with Crippen molar-refractivity contribution in [2.75, 3.05) is 6.54 Å². The van der Waals surface area contributed by atoms with Crippen LogP contribution in [0.3, 0.4) is 0 Å². The molecule has 72 valence electrons. The van der Waals surface area contributed by atoms with E-state index in [9.17, 15) is 4.79 Å². The van der Waals surface area contributed by atoms with E-state index in [1.165, 1.54) is 0 Å². The van der Waals surface area contributed by atoms with Crippen LogP contribution >= 0.6 is 0 Å². The van der Waals surface area contributed by atoms with Crippen molar-refractivity contribution in [1.82, 2.24) is 5.32 Å². The van der Waals surface area contributed by atoms with Gasteiger partial charge in [0.15, 0.2) is 0 Å². The first kappa shape index (κ1) is 11.2. The monoisotopic (exact) mass is 173 g/mol. The Bertz CT molecular complexity index is 143. The first-order chi connectivity index (χ1) is 5.60. The third-order valence-electron chi connectivity index (χ3n) is 2.36. The van der Waals surface area contributed by atoms with Crippen molar-refractivity contribution < 1.29 is 4.79 Å². The third kappa shape index (κ3) is 3.09. The normalized spacial score (nSPS) is 11.2. The van der Waals surface area contributed by atoms with Crippen molar-refractivity contribution in [2.45, 2.75) is 38.6 Å². The highest BCUT2D eigenvalue weighted by Gasteiger charge is 2.25. The van der Waals surface area contributed by atoms with Crippen LogP contribution in [0.25, 0.3) is 0 Å². The van der Waals surface area contributed by atoms with Gasteiger partial charge in [-0.05, 0) is 25.8 Å². The summed E-state index contributed by atoms with van der Waals surface area (Å²) in [6.07, 6.45) is 2.51. The topological polar surface area (TPSA) is 81.1 Å². The summed E-state index contributed by atoms with van der Waals surface area (Å²) in [7, 11) is 0. The Hall–Kier alpha value is -0.770. The molecular weight excluding hydrogens is 154 g/mol. The van der Waals surface area contributed by atoms with Crippen LogP contribution in [0.2, 0.25) is 0 Å². The predicted molar refractivity (Wildman–Crippen MR) is 49.7 cm³/mol. The van der Waals surface area contributed by atoms with Gasteiger partial charge in [-0.15, -0.1) is 0 Å². The standard InChI is InChI=1S/C8H19N3O/c1-3-8(4-2,5-6-9)11-7(10)12/h3-6,9H2,1-2H3,(H3,10,11,12). The van der Waals surface area contributed by atoms with Gasteiger partial charge >= 0.3 is 6.03 Å². The molecule has 0 aliphatic heterocycles. The van der Waals surface area contributed by atoms with Gasteiger partial charge in [-0.25, -0.2) is 4.79 Å². The van der Waals surface area contributed by atoms with E-state index in [2.05, 4.69) is 5.32 Å². The molecule has 0 fully saturated rings. The molecule has 12 heavy (non-hydrogen) atoms. The summed E-state index contributed by atoms with van der Waals surface area (Å²) < 4.78 is 0. The van der Waals surface area contributed by atoms with Gasteiger partial charge in [0.2, 0.25) is 0 Å². The quantitative estimate of drug-likeness (QED) is 0.568. The second-order valence-corrected chi connectivity index (χ2v) is 3.02. The van der Waals surface area contributed by atoms with E-state index in [-0.39, 0.29) is 5.54 Å². The number of carbonyl (C=O) groups excluding carboxylic acids is 1. The van der Waals surface area contributed by atoms with Crippen molar-refractivity contribution in [3.05, 3.63) is 0 Å². The largest absolute Gasteiger partial charge is 0.352 e. The van der Waals surface area contributed by atoms with Gasteiger partial charge in [0.05, 0.1) is 0 Å². The minimum Gasteiger partial charge on any atom is -0.352 e. The van der Waals surface area contributed by atoms with Crippen LogP contribution in [0.5, 0.6) is 0 Å². The van der Waals surface area contributed by atoms with Gasteiger partial charge in [-0.3, -0.25) is 0 Å². The highest BCUT2D eigenvalue weighted by Crippen LogP contribution is 2.18. The molecule has 0 heterocycles. The van der Waals surface area contributed by atoms with Crippen LogP contribution in [0.4, 0.5) is 4.79 Å². The molecule has 0 aromatic carbocycles. The summed E-state index contributed by atoms with van der Waals surface area (Å²) in [5.74, 6) is 0. The Morgan fingerprint density at radius 3 is 2.17 bits per heavy atom. The van der Waals surface area contributed by atoms with E-state index in [4.69, 9.17) is 11.5 Å². The van der Waals surface area contributed by atoms with Crippen LogP contribution in [0.1, 0.15) is 33.1 Å². The molecule has 0 radical (unpaired) electrons. The number of amides is 2. The number of nitrogens with two attached hydrogens (primary N) is 2. The molecule has 4 heteroatoms. The zero-order chi connectivity index (χ0) is 9.61. The minimum absolute atomic E-state index is 0.194. The molecule has 0 aromatic rings. The maximum absolute atomic E-state index is 10.7. The van der Waals surface area contributed by atoms with Crippen LogP contribution in [-0.2, 0) is 0 Å². The van der Waals surface area contributed by atoms with Crippen LogP contribution in [0, 0.1) is 0 Å². The van der Waals surface area contributed by atoms with Crippen molar-refractivity contribution in [1.29, 1.82) is 0 Å². The highest BCUT2D eigenvalue weighted by molar-refractivity contribution is 5.72. The van der Waals surface area contributed by atoms with Gasteiger partial charge in [-0.2, -0.15) is 0 Å². The van der Waals surface area contributed by atoms with E-state index < -0.39 is 6.03 Å². The summed E-state index contributed by atoms with van der Waals surface area (Å²) in [5.41, 5.74) is 10.3. The second kappa shape index (κ2) is 4.98. The molecule has 0 aromatic heterocycles. The van der Waals surface area contributed by atoms with E-state index in [1.54, 1.807) is 0 Å². The van der Waals surface area contributed by atoms with E-state index in [1.807, 2.05) is 13.8 Å². The molecule has 0 saturated heterocycles. The summed E-state index contributed by atoms with van der Waals surface area (Å²) >= 11 is 0. The Morgan fingerprint density at radius 1 is 1.42 bits per heavy atom. The molecule has 2 amide bonds. The van der Waals surface area contributed by atoms with Crippen molar-refractivity contribution in [2.24, 2.45) is 11.5 Å². The average molecular weight is 173 g/mol. The molecule has 0 atom stereocenters. The summed E-state index contributed by atoms with van der Waals surface area (Å²) in [4.78, 5) is 10.7. The van der Waals surface area contributed by atoms with Gasteiger partial charge in [0.1, 0.15) is 0 Å². The fourth-order valence-electron chi connectivity index (χ4n) is 1.38. The number of nitrogens with one attached hydrogen (secondary N) is 1. The molecule has 5 N–H and O–H groups in total. The molecule has 0 rings (SSSR count). The molecule has 0 bridgehead atoms. The molecule has 0 unspecified atom stereocenters. The smallest absolute Gasteiger partial charge is 0.312 e. The molecule has 0 aliphatic rings. The Morgan fingerprint density at radius 2 is 1.92 bits per heavy atom. The van der Waals surface area contributed by atoms with Gasteiger partial charge in [0, 0.05) is 5.54 Å². The fourth-order valence-corrected chi connectivity index (χ4v) is 1.38. The molecule has 0 saturated carbocycles. The van der Waals surface area contributed by atoms with E-state index in [0.29, 0.717) is 6.54 Å². The third-order valence-corrected chi connectivity index (χ3v) is 2.36. The molecule has 0 spiro atoms. The number of carbonyl (C=O) groups is 1. The van der Waals surface area contributed by atoms with E-state index >= 15 is 0 Å². The minimum atomic E-state index is -0.466. The summed E-state index contributed by atoms with van der Waals surface area (Å²) in [5, 5.41) is 2.75. The summed E-state index contributed by atoms with van der Waals surface area (Å²) in [6.45, 7) is 4.62. The zero-order valence-electron chi connectivity index (χ0n) is 7.89. The zero-order valence-corrected chi connectivity index (χ0v) is 7.89. The predicted octanol–water partition coefficient (Wildman–Crippen LogP) is 0.562. The molecule has 4 nitrogen and oxygen atoms in total. The number of hydrogen-bond donors (Lipinski definition) is 3. The Labute approximate surface area is 73.7 Å². The van der Waals surface area contributed by atoms with Crippen LogP contribution < -0.4 is 16.8 Å². The van der Waals surface area contributed by atoms with Gasteiger partial charge in [0.25, 0.3) is 0 Å². The lowest BCUT2D eigenvalue weighted by Crippen LogP contribution is -2.50. The average Bonchev–Trinajstić information content (AvgIpc) is 2.03. The number of rotatable bonds is 5. The number of primary amides is 1. The first-order valence-electron chi connectivity index (χ1n) is 4.38. The van der Waals surface area contributed by atoms with Crippen LogP contribution in [-0.4, -0.2) is 18.1 Å². The maximum Gasteiger partial charge on any atom is 0.312 e. The highest BCUT2D eigenvalue weighted by atomic mass is 16.2. The second-order valence-electron chi connectivity index (χ2n) is 3.02. The number of urea groups is 1. The fraction of sp³-hybridized carbons (Fsp3) is 0.875. The van der Waals surface area contributed by atoms with Crippen molar-refractivity contribution in [3.8, 4) is 0 Å². The van der Waals surface area contributed by atoms with Crippen LogP contribution in [0.15, 0.2) is 0 Å². The lowest BCUT2D eigenvalue weighted by Gasteiger charge is -2.31. The molecular formula is C8H19N3O. The lowest BCUT2D eigenvalue weighted by molar-refractivity contribution is 0.225. The lowest BCUT2D eigenvalue weighted by atomic mass is 9.89. The van der Waals surface area contributed by atoms with Gasteiger partial charge in [-0.1, -0.05) is 13.8 Å². The Balaban J connectivity index is 4.23. The maximum atomic E-state index is 10.7.